The van der Waals surface area contributed by atoms with Crippen molar-refractivity contribution < 1.29 is 9.84 Å². The van der Waals surface area contributed by atoms with Crippen molar-refractivity contribution in [3.05, 3.63) is 34.9 Å². The highest BCUT2D eigenvalue weighted by Gasteiger charge is 2.18. The topological polar surface area (TPSA) is 32.7 Å². The van der Waals surface area contributed by atoms with Crippen LogP contribution in [-0.4, -0.2) is 43.4 Å². The van der Waals surface area contributed by atoms with Gasteiger partial charge in [-0.1, -0.05) is 29.3 Å². The first kappa shape index (κ1) is 15.5. The SMILES string of the molecule is Cc1cc(C)cc(C(O)CN(C)CC2CCCOC2)c1. The number of aliphatic hydroxyl groups excluding tert-OH is 1. The molecule has 0 aliphatic carbocycles. The van der Waals surface area contributed by atoms with Gasteiger partial charge in [-0.05, 0) is 45.2 Å². The number of aliphatic hydroxyl groups is 1. The zero-order valence-electron chi connectivity index (χ0n) is 12.9. The molecule has 1 saturated heterocycles. The number of rotatable bonds is 5. The van der Waals surface area contributed by atoms with Crippen molar-refractivity contribution in [2.24, 2.45) is 5.92 Å². The third-order valence-electron chi connectivity index (χ3n) is 3.94. The Bertz CT molecular complexity index is 407. The number of hydrogen-bond acceptors (Lipinski definition) is 3. The maximum absolute atomic E-state index is 10.4. The second-order valence-electron chi connectivity index (χ2n) is 6.24. The summed E-state index contributed by atoms with van der Waals surface area (Å²) in [4.78, 5) is 2.22. The van der Waals surface area contributed by atoms with Crippen LogP contribution in [0.3, 0.4) is 0 Å². The second-order valence-corrected chi connectivity index (χ2v) is 6.24. The van der Waals surface area contributed by atoms with Crippen molar-refractivity contribution in [3.63, 3.8) is 0 Å². The number of benzene rings is 1. The summed E-state index contributed by atoms with van der Waals surface area (Å²) in [5.41, 5.74) is 3.44. The molecule has 0 radical (unpaired) electrons. The lowest BCUT2D eigenvalue weighted by Crippen LogP contribution is -2.33. The van der Waals surface area contributed by atoms with E-state index in [4.69, 9.17) is 4.74 Å². The van der Waals surface area contributed by atoms with Crippen LogP contribution in [0.15, 0.2) is 18.2 Å². The summed E-state index contributed by atoms with van der Waals surface area (Å²) in [6.07, 6.45) is 1.99. The van der Waals surface area contributed by atoms with Crippen LogP contribution in [0.25, 0.3) is 0 Å². The summed E-state index contributed by atoms with van der Waals surface area (Å²) in [6, 6.07) is 6.30. The molecule has 0 spiro atoms. The average molecular weight is 277 g/mol. The molecule has 1 aromatic rings. The second kappa shape index (κ2) is 7.21. The number of hydrogen-bond donors (Lipinski definition) is 1. The molecule has 20 heavy (non-hydrogen) atoms. The number of nitrogens with zero attached hydrogens (tertiary/aromatic N) is 1. The predicted molar refractivity (Wildman–Crippen MR) is 81.9 cm³/mol. The number of ether oxygens (including phenoxy) is 1. The minimum atomic E-state index is -0.414. The first-order valence-corrected chi connectivity index (χ1v) is 7.57. The Morgan fingerprint density at radius 2 is 2.00 bits per heavy atom. The van der Waals surface area contributed by atoms with Gasteiger partial charge in [-0.3, -0.25) is 0 Å². The van der Waals surface area contributed by atoms with Crippen molar-refractivity contribution in [3.8, 4) is 0 Å². The summed E-state index contributed by atoms with van der Waals surface area (Å²) in [5, 5.41) is 10.4. The van der Waals surface area contributed by atoms with Crippen molar-refractivity contribution in [2.45, 2.75) is 32.8 Å². The molecular weight excluding hydrogens is 250 g/mol. The van der Waals surface area contributed by atoms with Crippen LogP contribution in [0.5, 0.6) is 0 Å². The fourth-order valence-electron chi connectivity index (χ4n) is 3.07. The maximum Gasteiger partial charge on any atom is 0.0916 e. The zero-order chi connectivity index (χ0) is 14.5. The summed E-state index contributed by atoms with van der Waals surface area (Å²) < 4.78 is 5.51. The van der Waals surface area contributed by atoms with Crippen molar-refractivity contribution in [2.75, 3.05) is 33.4 Å². The normalized spacial score (nSPS) is 21.1. The summed E-state index contributed by atoms with van der Waals surface area (Å²) in [5.74, 6) is 0.611. The van der Waals surface area contributed by atoms with Crippen LogP contribution < -0.4 is 0 Å². The van der Waals surface area contributed by atoms with Gasteiger partial charge in [0.1, 0.15) is 0 Å². The molecule has 1 aliphatic heterocycles. The minimum absolute atomic E-state index is 0.414. The van der Waals surface area contributed by atoms with E-state index in [9.17, 15) is 5.11 Å². The lowest BCUT2D eigenvalue weighted by molar-refractivity contribution is 0.0342. The quantitative estimate of drug-likeness (QED) is 0.898. The lowest BCUT2D eigenvalue weighted by atomic mass is 10.0. The molecule has 3 heteroatoms. The van der Waals surface area contributed by atoms with Crippen LogP contribution in [0.1, 0.15) is 35.6 Å². The molecule has 0 saturated carbocycles. The third-order valence-corrected chi connectivity index (χ3v) is 3.94. The third kappa shape index (κ3) is 4.58. The number of aryl methyl sites for hydroxylation is 2. The van der Waals surface area contributed by atoms with Gasteiger partial charge in [-0.25, -0.2) is 0 Å². The van der Waals surface area contributed by atoms with Gasteiger partial charge in [0.05, 0.1) is 12.7 Å². The Balaban J connectivity index is 1.87. The van der Waals surface area contributed by atoms with Gasteiger partial charge in [-0.2, -0.15) is 0 Å². The Morgan fingerprint density at radius 3 is 2.60 bits per heavy atom. The maximum atomic E-state index is 10.4. The summed E-state index contributed by atoms with van der Waals surface area (Å²) in [6.45, 7) is 7.61. The molecular formula is C17H27NO2. The van der Waals surface area contributed by atoms with E-state index in [-0.39, 0.29) is 0 Å². The van der Waals surface area contributed by atoms with E-state index in [1.165, 1.54) is 17.5 Å². The molecule has 1 fully saturated rings. The summed E-state index contributed by atoms with van der Waals surface area (Å²) >= 11 is 0. The molecule has 2 atom stereocenters. The molecule has 0 bridgehead atoms. The standard InChI is InChI=1S/C17H27NO2/c1-13-7-14(2)9-16(8-13)17(19)11-18(3)10-15-5-4-6-20-12-15/h7-9,15,17,19H,4-6,10-12H2,1-3H3. The fourth-order valence-corrected chi connectivity index (χ4v) is 3.07. The predicted octanol–water partition coefficient (Wildman–Crippen LogP) is 2.70. The van der Waals surface area contributed by atoms with E-state index >= 15 is 0 Å². The Labute approximate surface area is 122 Å². The van der Waals surface area contributed by atoms with Gasteiger partial charge in [0.25, 0.3) is 0 Å². The van der Waals surface area contributed by atoms with E-state index in [2.05, 4.69) is 44.0 Å². The molecule has 1 N–H and O–H groups in total. The van der Waals surface area contributed by atoms with Crippen LogP contribution in [0, 0.1) is 19.8 Å². The van der Waals surface area contributed by atoms with Gasteiger partial charge in [0, 0.05) is 19.7 Å². The number of likely N-dealkylation sites (N-methyl/N-ethyl adjacent to an activating group) is 1. The van der Waals surface area contributed by atoms with Crippen molar-refractivity contribution >= 4 is 0 Å². The summed E-state index contributed by atoms with van der Waals surface area (Å²) in [7, 11) is 2.08. The Kier molecular flexibility index (Phi) is 5.58. The highest BCUT2D eigenvalue weighted by molar-refractivity contribution is 5.30. The molecule has 1 aliphatic rings. The molecule has 112 valence electrons. The Morgan fingerprint density at radius 1 is 1.30 bits per heavy atom. The minimum Gasteiger partial charge on any atom is -0.387 e. The molecule has 3 nitrogen and oxygen atoms in total. The fraction of sp³-hybridized carbons (Fsp3) is 0.647. The first-order valence-electron chi connectivity index (χ1n) is 7.57. The average Bonchev–Trinajstić information content (AvgIpc) is 2.38. The van der Waals surface area contributed by atoms with E-state index in [0.717, 1.165) is 31.7 Å². The largest absolute Gasteiger partial charge is 0.387 e. The zero-order valence-corrected chi connectivity index (χ0v) is 12.9. The van der Waals surface area contributed by atoms with Crippen molar-refractivity contribution in [1.82, 2.24) is 4.90 Å². The van der Waals surface area contributed by atoms with E-state index < -0.39 is 6.10 Å². The van der Waals surface area contributed by atoms with Crippen LogP contribution in [-0.2, 0) is 4.74 Å². The monoisotopic (exact) mass is 277 g/mol. The molecule has 2 unspecified atom stereocenters. The van der Waals surface area contributed by atoms with Crippen molar-refractivity contribution in [1.29, 1.82) is 0 Å². The highest BCUT2D eigenvalue weighted by atomic mass is 16.5. The molecule has 1 heterocycles. The molecule has 0 aromatic heterocycles. The van der Waals surface area contributed by atoms with Gasteiger partial charge < -0.3 is 14.7 Å². The van der Waals surface area contributed by atoms with Gasteiger partial charge in [0.15, 0.2) is 0 Å². The van der Waals surface area contributed by atoms with Gasteiger partial charge >= 0.3 is 0 Å². The lowest BCUT2D eigenvalue weighted by Gasteiger charge is -2.28. The van der Waals surface area contributed by atoms with Gasteiger partial charge in [-0.15, -0.1) is 0 Å². The van der Waals surface area contributed by atoms with E-state index in [1.807, 2.05) is 0 Å². The Hall–Kier alpha value is -0.900. The molecule has 2 rings (SSSR count). The molecule has 0 amide bonds. The smallest absolute Gasteiger partial charge is 0.0916 e. The van der Waals surface area contributed by atoms with Crippen LogP contribution in [0.2, 0.25) is 0 Å². The highest BCUT2D eigenvalue weighted by Crippen LogP contribution is 2.19. The van der Waals surface area contributed by atoms with E-state index in [0.29, 0.717) is 12.5 Å². The van der Waals surface area contributed by atoms with Crippen LogP contribution >= 0.6 is 0 Å². The molecule has 1 aromatic carbocycles. The first-order chi connectivity index (χ1) is 9.54. The van der Waals surface area contributed by atoms with Crippen LogP contribution in [0.4, 0.5) is 0 Å². The van der Waals surface area contributed by atoms with E-state index in [1.54, 1.807) is 0 Å². The van der Waals surface area contributed by atoms with Gasteiger partial charge in [0.2, 0.25) is 0 Å².